The number of hydrogen-bond donors (Lipinski definition) is 1. The molecule has 0 unspecified atom stereocenters. The lowest BCUT2D eigenvalue weighted by Gasteiger charge is -2.25. The number of nitrogens with one attached hydrogen (secondary N) is 1. The molecule has 1 rings (SSSR count). The minimum absolute atomic E-state index is 0.657. The second-order valence-corrected chi connectivity index (χ2v) is 5.05. The molecule has 3 nitrogen and oxygen atoms in total. The van der Waals surface area contributed by atoms with E-state index < -0.39 is 0 Å². The van der Waals surface area contributed by atoms with E-state index in [4.69, 9.17) is 0 Å². The van der Waals surface area contributed by atoms with E-state index in [9.17, 15) is 0 Å². The maximum atomic E-state index is 4.34. The first kappa shape index (κ1) is 12.9. The second kappa shape index (κ2) is 5.83. The topological polar surface area (TPSA) is 37.8 Å². The van der Waals surface area contributed by atoms with Crippen LogP contribution in [0.3, 0.4) is 0 Å². The van der Waals surface area contributed by atoms with E-state index in [0.29, 0.717) is 17.8 Å². The summed E-state index contributed by atoms with van der Waals surface area (Å²) in [6.07, 6.45) is 1.80. The predicted molar refractivity (Wildman–Crippen MR) is 68.4 cm³/mol. The molecule has 0 amide bonds. The van der Waals surface area contributed by atoms with Crippen LogP contribution in [0.1, 0.15) is 33.4 Å². The highest BCUT2D eigenvalue weighted by molar-refractivity contribution is 5.24. The average molecular weight is 221 g/mol. The molecule has 0 radical (unpaired) electrons. The zero-order valence-electron chi connectivity index (χ0n) is 11.0. The number of anilines is 1. The van der Waals surface area contributed by atoms with Crippen molar-refractivity contribution in [1.29, 1.82) is 0 Å². The summed E-state index contributed by atoms with van der Waals surface area (Å²) in [6.45, 7) is 12.0. The Bertz CT molecular complexity index is 313. The molecule has 16 heavy (non-hydrogen) atoms. The molecule has 0 saturated carbocycles. The van der Waals surface area contributed by atoms with Crippen molar-refractivity contribution in [3.8, 4) is 0 Å². The van der Waals surface area contributed by atoms with Crippen LogP contribution in [0.4, 0.5) is 5.95 Å². The molecular formula is C13H23N3. The van der Waals surface area contributed by atoms with Gasteiger partial charge in [-0.2, -0.15) is 0 Å². The Morgan fingerprint density at radius 2 is 1.81 bits per heavy atom. The molecule has 0 saturated heterocycles. The second-order valence-electron chi connectivity index (χ2n) is 5.05. The van der Waals surface area contributed by atoms with Gasteiger partial charge in [0.2, 0.25) is 5.95 Å². The quantitative estimate of drug-likeness (QED) is 0.830. The highest BCUT2D eigenvalue weighted by Crippen LogP contribution is 2.20. The Balaban J connectivity index is 2.55. The van der Waals surface area contributed by atoms with Crippen LogP contribution in [0.2, 0.25) is 0 Å². The van der Waals surface area contributed by atoms with Crippen molar-refractivity contribution in [2.24, 2.45) is 17.8 Å². The number of aromatic nitrogens is 2. The van der Waals surface area contributed by atoms with Crippen molar-refractivity contribution >= 4 is 5.95 Å². The fourth-order valence-corrected chi connectivity index (χ4v) is 1.98. The van der Waals surface area contributed by atoms with Gasteiger partial charge < -0.3 is 5.32 Å². The molecule has 0 aliphatic rings. The van der Waals surface area contributed by atoms with E-state index in [-0.39, 0.29) is 0 Å². The molecule has 1 aromatic rings. The molecule has 0 spiro atoms. The molecule has 0 aromatic carbocycles. The zero-order chi connectivity index (χ0) is 12.1. The fourth-order valence-electron chi connectivity index (χ4n) is 1.98. The summed E-state index contributed by atoms with van der Waals surface area (Å²) < 4.78 is 0. The Morgan fingerprint density at radius 1 is 1.19 bits per heavy atom. The lowest BCUT2D eigenvalue weighted by Crippen LogP contribution is -2.25. The summed E-state index contributed by atoms with van der Waals surface area (Å²) in [6, 6.07) is 1.91. The number of rotatable bonds is 5. The van der Waals surface area contributed by atoms with Crippen LogP contribution < -0.4 is 5.32 Å². The Morgan fingerprint density at radius 3 is 2.31 bits per heavy atom. The van der Waals surface area contributed by atoms with Crippen molar-refractivity contribution in [2.75, 3.05) is 11.9 Å². The van der Waals surface area contributed by atoms with Crippen LogP contribution in [-0.2, 0) is 0 Å². The van der Waals surface area contributed by atoms with Gasteiger partial charge in [-0.15, -0.1) is 0 Å². The lowest BCUT2D eigenvalue weighted by molar-refractivity contribution is 0.304. The minimum atomic E-state index is 0.657. The predicted octanol–water partition coefficient (Wildman–Crippen LogP) is 3.13. The van der Waals surface area contributed by atoms with E-state index in [1.165, 1.54) is 0 Å². The van der Waals surface area contributed by atoms with Gasteiger partial charge in [-0.05, 0) is 30.7 Å². The van der Waals surface area contributed by atoms with Crippen LogP contribution in [-0.4, -0.2) is 16.5 Å². The molecule has 1 heterocycles. The molecule has 90 valence electrons. The number of aryl methyl sites for hydroxylation is 1. The summed E-state index contributed by atoms with van der Waals surface area (Å²) in [7, 11) is 0. The fraction of sp³-hybridized carbons (Fsp3) is 0.692. The number of hydrogen-bond acceptors (Lipinski definition) is 3. The summed E-state index contributed by atoms with van der Waals surface area (Å²) in [4.78, 5) is 8.55. The van der Waals surface area contributed by atoms with Crippen molar-refractivity contribution in [3.05, 3.63) is 18.0 Å². The number of nitrogens with zero attached hydrogens (tertiary/aromatic N) is 2. The standard InChI is InChI=1S/C13H23N3/c1-9(2)12(10(3)4)8-15-13-14-7-6-11(5)16-13/h6-7,9-10,12H,8H2,1-5H3,(H,14,15,16). The highest BCUT2D eigenvalue weighted by Gasteiger charge is 2.17. The zero-order valence-corrected chi connectivity index (χ0v) is 11.0. The van der Waals surface area contributed by atoms with Gasteiger partial charge in [-0.3, -0.25) is 0 Å². The molecular weight excluding hydrogens is 198 g/mol. The van der Waals surface area contributed by atoms with Crippen LogP contribution in [0.25, 0.3) is 0 Å². The monoisotopic (exact) mass is 221 g/mol. The summed E-state index contributed by atoms with van der Waals surface area (Å²) in [5.74, 6) is 2.75. The van der Waals surface area contributed by atoms with Gasteiger partial charge in [0.25, 0.3) is 0 Å². The Kier molecular flexibility index (Phi) is 4.71. The largest absolute Gasteiger partial charge is 0.354 e. The van der Waals surface area contributed by atoms with Gasteiger partial charge in [0.15, 0.2) is 0 Å². The van der Waals surface area contributed by atoms with Gasteiger partial charge in [0, 0.05) is 18.4 Å². The van der Waals surface area contributed by atoms with Gasteiger partial charge in [-0.1, -0.05) is 27.7 Å². The van der Waals surface area contributed by atoms with E-state index in [1.807, 2.05) is 13.0 Å². The van der Waals surface area contributed by atoms with Gasteiger partial charge >= 0.3 is 0 Å². The minimum Gasteiger partial charge on any atom is -0.354 e. The van der Waals surface area contributed by atoms with Crippen molar-refractivity contribution in [3.63, 3.8) is 0 Å². The smallest absolute Gasteiger partial charge is 0.222 e. The van der Waals surface area contributed by atoms with Crippen LogP contribution in [0.15, 0.2) is 12.3 Å². The summed E-state index contributed by atoms with van der Waals surface area (Å²) >= 11 is 0. The SMILES string of the molecule is Cc1ccnc(NCC(C(C)C)C(C)C)n1. The molecule has 1 aromatic heterocycles. The van der Waals surface area contributed by atoms with Gasteiger partial charge in [-0.25, -0.2) is 9.97 Å². The van der Waals surface area contributed by atoms with E-state index in [2.05, 4.69) is 43.0 Å². The Labute approximate surface area is 98.7 Å². The van der Waals surface area contributed by atoms with Crippen LogP contribution in [0, 0.1) is 24.7 Å². The lowest BCUT2D eigenvalue weighted by atomic mass is 9.85. The van der Waals surface area contributed by atoms with Crippen molar-refractivity contribution in [1.82, 2.24) is 9.97 Å². The molecule has 0 bridgehead atoms. The summed E-state index contributed by atoms with van der Waals surface area (Å²) in [5, 5.41) is 3.33. The first-order valence-electron chi connectivity index (χ1n) is 6.04. The maximum Gasteiger partial charge on any atom is 0.222 e. The third-order valence-corrected chi connectivity index (χ3v) is 3.00. The molecule has 1 N–H and O–H groups in total. The van der Waals surface area contributed by atoms with Crippen molar-refractivity contribution in [2.45, 2.75) is 34.6 Å². The van der Waals surface area contributed by atoms with E-state index in [1.54, 1.807) is 6.20 Å². The molecule has 0 atom stereocenters. The van der Waals surface area contributed by atoms with Gasteiger partial charge in [0.1, 0.15) is 0 Å². The Hall–Kier alpha value is -1.12. The van der Waals surface area contributed by atoms with Crippen LogP contribution >= 0.6 is 0 Å². The third-order valence-electron chi connectivity index (χ3n) is 3.00. The molecule has 0 aliphatic carbocycles. The first-order chi connectivity index (χ1) is 7.50. The first-order valence-corrected chi connectivity index (χ1v) is 6.04. The third kappa shape index (κ3) is 3.80. The molecule has 0 aliphatic heterocycles. The average Bonchev–Trinajstić information content (AvgIpc) is 2.16. The van der Waals surface area contributed by atoms with E-state index >= 15 is 0 Å². The highest BCUT2D eigenvalue weighted by atomic mass is 15.1. The molecule has 3 heteroatoms. The van der Waals surface area contributed by atoms with Crippen LogP contribution in [0.5, 0.6) is 0 Å². The van der Waals surface area contributed by atoms with Crippen molar-refractivity contribution < 1.29 is 0 Å². The molecule has 0 fully saturated rings. The summed E-state index contributed by atoms with van der Waals surface area (Å²) in [5.41, 5.74) is 1.00. The normalized spacial score (nSPS) is 11.5. The van der Waals surface area contributed by atoms with Gasteiger partial charge in [0.05, 0.1) is 0 Å². The maximum absolute atomic E-state index is 4.34. The van der Waals surface area contributed by atoms with E-state index in [0.717, 1.165) is 18.2 Å².